The van der Waals surface area contributed by atoms with Crippen molar-refractivity contribution in [2.75, 3.05) is 11.5 Å². The summed E-state index contributed by atoms with van der Waals surface area (Å²) in [4.78, 5) is 2.35. The lowest BCUT2D eigenvalue weighted by Gasteiger charge is -2.33. The first-order chi connectivity index (χ1) is 29.4. The number of rotatable bonds is 23. The van der Waals surface area contributed by atoms with Crippen molar-refractivity contribution in [3.8, 4) is 39.5 Å². The van der Waals surface area contributed by atoms with Crippen molar-refractivity contribution in [3.63, 3.8) is 0 Å². The fourth-order valence-electron chi connectivity index (χ4n) is 10.1. The molecule has 1 heterocycles. The van der Waals surface area contributed by atoms with Crippen molar-refractivity contribution in [1.29, 1.82) is 0 Å². The molecule has 3 heteroatoms. The number of aryl methyl sites for hydroxylation is 2. The van der Waals surface area contributed by atoms with Crippen molar-refractivity contribution < 1.29 is 9.47 Å². The molecule has 2 aliphatic rings. The van der Waals surface area contributed by atoms with Crippen LogP contribution < -0.4 is 14.4 Å². The lowest BCUT2D eigenvalue weighted by atomic mass is 9.70. The van der Waals surface area contributed by atoms with Crippen LogP contribution in [-0.2, 0) is 5.41 Å². The molecule has 1 unspecified atom stereocenters. The second-order valence-electron chi connectivity index (χ2n) is 18.2. The zero-order valence-electron chi connectivity index (χ0n) is 38.0. The van der Waals surface area contributed by atoms with Crippen LogP contribution in [0.15, 0.2) is 97.1 Å². The van der Waals surface area contributed by atoms with Gasteiger partial charge in [-0.25, -0.2) is 0 Å². The Balaban J connectivity index is 1.20. The summed E-state index contributed by atoms with van der Waals surface area (Å²) in [5.41, 5.74) is 14.2. The van der Waals surface area contributed by atoms with E-state index in [0.29, 0.717) is 5.92 Å². The molecule has 0 aromatic heterocycles. The van der Waals surface area contributed by atoms with E-state index in [9.17, 15) is 0 Å². The average Bonchev–Trinajstić information content (AvgIpc) is 3.53. The number of hydrogen-bond donors (Lipinski definition) is 0. The maximum atomic E-state index is 6.80. The van der Waals surface area contributed by atoms with Gasteiger partial charge in [-0.1, -0.05) is 172 Å². The van der Waals surface area contributed by atoms with E-state index in [1.807, 2.05) is 0 Å². The van der Waals surface area contributed by atoms with E-state index in [2.05, 4.69) is 144 Å². The Bertz CT molecular complexity index is 2130. The maximum Gasteiger partial charge on any atom is 0.152 e. The van der Waals surface area contributed by atoms with E-state index >= 15 is 0 Å². The van der Waals surface area contributed by atoms with Gasteiger partial charge in [0.15, 0.2) is 11.5 Å². The van der Waals surface area contributed by atoms with Gasteiger partial charge in [0.05, 0.1) is 18.0 Å². The summed E-state index contributed by atoms with van der Waals surface area (Å²) in [5.74, 6) is 3.29. The number of benzene rings is 5. The maximum absolute atomic E-state index is 6.80. The smallest absolute Gasteiger partial charge is 0.152 e. The van der Waals surface area contributed by atoms with Crippen LogP contribution in [0.25, 0.3) is 22.3 Å². The van der Waals surface area contributed by atoms with Crippen molar-refractivity contribution in [2.24, 2.45) is 5.92 Å². The molecule has 0 spiro atoms. The van der Waals surface area contributed by atoms with Gasteiger partial charge < -0.3 is 14.4 Å². The first kappa shape index (κ1) is 43.6. The largest absolute Gasteiger partial charge is 0.493 e. The van der Waals surface area contributed by atoms with Crippen LogP contribution in [0.1, 0.15) is 166 Å². The topological polar surface area (TPSA) is 21.7 Å². The SMILES string of the molecule is CCCCCCCCC1(CCCCCCCC)c2ccc(C)cc2-c2cc(-c3ccc4c(c3)Oc3cc(C)ccc3N4c3ccc(OCC(CC)CCCC)cc3)ccc21. The van der Waals surface area contributed by atoms with Gasteiger partial charge in [-0.2, -0.15) is 0 Å². The number of ether oxygens (including phenoxy) is 2. The summed E-state index contributed by atoms with van der Waals surface area (Å²) >= 11 is 0. The number of hydrogen-bond acceptors (Lipinski definition) is 3. The van der Waals surface area contributed by atoms with Gasteiger partial charge in [-0.15, -0.1) is 0 Å². The fraction of sp³-hybridized carbons (Fsp3) is 0.474. The van der Waals surface area contributed by atoms with Crippen LogP contribution in [0.3, 0.4) is 0 Å². The molecule has 3 nitrogen and oxygen atoms in total. The highest BCUT2D eigenvalue weighted by molar-refractivity contribution is 5.90. The minimum atomic E-state index is 0.0841. The second kappa shape index (κ2) is 20.8. The summed E-state index contributed by atoms with van der Waals surface area (Å²) < 4.78 is 13.1. The Morgan fingerprint density at radius 1 is 0.533 bits per heavy atom. The van der Waals surface area contributed by atoms with E-state index in [0.717, 1.165) is 47.3 Å². The molecule has 1 aliphatic carbocycles. The Morgan fingerprint density at radius 2 is 1.07 bits per heavy atom. The molecule has 0 bridgehead atoms. The van der Waals surface area contributed by atoms with Crippen molar-refractivity contribution in [2.45, 2.75) is 163 Å². The third-order valence-electron chi connectivity index (χ3n) is 13.7. The summed E-state index contributed by atoms with van der Waals surface area (Å²) in [6.07, 6.45) is 23.4. The lowest BCUT2D eigenvalue weighted by molar-refractivity contribution is 0.233. The number of fused-ring (bicyclic) bond motifs is 5. The van der Waals surface area contributed by atoms with E-state index in [1.165, 1.54) is 143 Å². The lowest BCUT2D eigenvalue weighted by Crippen LogP contribution is -2.25. The van der Waals surface area contributed by atoms with Crippen molar-refractivity contribution in [1.82, 2.24) is 0 Å². The molecule has 0 radical (unpaired) electrons. The van der Waals surface area contributed by atoms with Crippen LogP contribution in [0, 0.1) is 19.8 Å². The molecule has 1 atom stereocenters. The highest BCUT2D eigenvalue weighted by Crippen LogP contribution is 2.56. The van der Waals surface area contributed by atoms with E-state index in [-0.39, 0.29) is 5.41 Å². The quantitative estimate of drug-likeness (QED) is 0.0602. The van der Waals surface area contributed by atoms with Gasteiger partial charge in [0.1, 0.15) is 5.75 Å². The molecular weight excluding hydrogens is 731 g/mol. The van der Waals surface area contributed by atoms with Gasteiger partial charge in [0.25, 0.3) is 0 Å². The molecule has 0 N–H and O–H groups in total. The van der Waals surface area contributed by atoms with Crippen LogP contribution in [0.5, 0.6) is 17.2 Å². The summed E-state index contributed by atoms with van der Waals surface area (Å²) in [5, 5.41) is 0. The van der Waals surface area contributed by atoms with Gasteiger partial charge in [0, 0.05) is 11.1 Å². The molecule has 0 amide bonds. The standard InChI is InChI=1S/C57H73NO2/c1-7-11-14-16-18-20-35-57(36-21-19-17-15-12-8-2)51-31-23-42(5)37-49(51)50-39-45(25-32-52(50)57)46-26-34-54-56(40-46)60-55-38-43(6)24-33-53(55)58(54)47-27-29-48(30-28-47)59-41-44(10-4)22-13-9-3/h23-34,37-40,44H,7-22,35-36,41H2,1-6H3. The molecule has 0 fully saturated rings. The van der Waals surface area contributed by atoms with E-state index < -0.39 is 0 Å². The Kier molecular flexibility index (Phi) is 15.1. The first-order valence-electron chi connectivity index (χ1n) is 24.1. The zero-order chi connectivity index (χ0) is 41.9. The minimum absolute atomic E-state index is 0.0841. The highest BCUT2D eigenvalue weighted by Gasteiger charge is 2.42. The van der Waals surface area contributed by atoms with Gasteiger partial charge in [-0.3, -0.25) is 0 Å². The molecule has 0 saturated carbocycles. The second-order valence-corrected chi connectivity index (χ2v) is 18.2. The van der Waals surface area contributed by atoms with Crippen LogP contribution in [0.4, 0.5) is 17.1 Å². The molecule has 60 heavy (non-hydrogen) atoms. The Hall–Kier alpha value is -4.50. The third-order valence-corrected chi connectivity index (χ3v) is 13.7. The molecule has 5 aromatic rings. The van der Waals surface area contributed by atoms with Crippen molar-refractivity contribution in [3.05, 3.63) is 119 Å². The zero-order valence-corrected chi connectivity index (χ0v) is 38.0. The Labute approximate surface area is 363 Å². The van der Waals surface area contributed by atoms with E-state index in [4.69, 9.17) is 9.47 Å². The summed E-state index contributed by atoms with van der Waals surface area (Å²) in [6.45, 7) is 14.3. The fourth-order valence-corrected chi connectivity index (χ4v) is 10.1. The third kappa shape index (κ3) is 9.83. The Morgan fingerprint density at radius 3 is 1.73 bits per heavy atom. The molecular formula is C57H73NO2. The number of anilines is 3. The molecule has 5 aromatic carbocycles. The summed E-state index contributed by atoms with van der Waals surface area (Å²) in [7, 11) is 0. The monoisotopic (exact) mass is 804 g/mol. The van der Waals surface area contributed by atoms with Gasteiger partial charge in [-0.05, 0) is 133 Å². The minimum Gasteiger partial charge on any atom is -0.493 e. The number of unbranched alkanes of at least 4 members (excludes halogenated alkanes) is 11. The normalized spacial score (nSPS) is 13.9. The van der Waals surface area contributed by atoms with Crippen LogP contribution >= 0.6 is 0 Å². The molecule has 1 aliphatic heterocycles. The molecule has 318 valence electrons. The van der Waals surface area contributed by atoms with Crippen LogP contribution in [-0.4, -0.2) is 6.61 Å². The molecule has 7 rings (SSSR count). The first-order valence-corrected chi connectivity index (χ1v) is 24.1. The predicted octanol–water partition coefficient (Wildman–Crippen LogP) is 17.9. The summed E-state index contributed by atoms with van der Waals surface area (Å²) in [6, 6.07) is 36.7. The average molecular weight is 804 g/mol. The van der Waals surface area contributed by atoms with Gasteiger partial charge >= 0.3 is 0 Å². The molecule has 0 saturated heterocycles. The van der Waals surface area contributed by atoms with Gasteiger partial charge in [0.2, 0.25) is 0 Å². The van der Waals surface area contributed by atoms with E-state index in [1.54, 1.807) is 11.1 Å². The number of nitrogens with zero attached hydrogens (tertiary/aromatic N) is 1. The van der Waals surface area contributed by atoms with Crippen molar-refractivity contribution >= 4 is 17.1 Å². The predicted molar refractivity (Wildman–Crippen MR) is 257 cm³/mol. The highest BCUT2D eigenvalue weighted by atomic mass is 16.5. The van der Waals surface area contributed by atoms with Crippen LogP contribution in [0.2, 0.25) is 0 Å².